The van der Waals surface area contributed by atoms with Crippen molar-refractivity contribution in [3.05, 3.63) is 52.8 Å². The smallest absolute Gasteiger partial charge is 0.263 e. The van der Waals surface area contributed by atoms with Gasteiger partial charge in [-0.15, -0.1) is 12.4 Å². The molecule has 0 aliphatic rings. The second kappa shape index (κ2) is 10.9. The van der Waals surface area contributed by atoms with Crippen molar-refractivity contribution in [3.63, 3.8) is 0 Å². The van der Waals surface area contributed by atoms with E-state index in [9.17, 15) is 9.18 Å². The van der Waals surface area contributed by atoms with Crippen LogP contribution in [0.4, 0.5) is 9.52 Å². The maximum absolute atomic E-state index is 14.2. The van der Waals surface area contributed by atoms with Crippen LogP contribution in [-0.4, -0.2) is 49.1 Å². The number of benzene rings is 2. The minimum absolute atomic E-state index is 0. The molecule has 1 aromatic heterocycles. The van der Waals surface area contributed by atoms with Gasteiger partial charge >= 0.3 is 0 Å². The van der Waals surface area contributed by atoms with Crippen LogP contribution in [0.1, 0.15) is 24.2 Å². The van der Waals surface area contributed by atoms with E-state index in [1.165, 1.54) is 24.5 Å². The van der Waals surface area contributed by atoms with Gasteiger partial charge < -0.3 is 9.64 Å². The number of hydrogen-bond acceptors (Lipinski definition) is 5. The van der Waals surface area contributed by atoms with Crippen molar-refractivity contribution < 1.29 is 13.9 Å². The molecule has 0 unspecified atom stereocenters. The number of anilines is 1. The summed E-state index contributed by atoms with van der Waals surface area (Å²) in [5, 5.41) is 0.887. The number of rotatable bonds is 8. The number of aromatic nitrogens is 1. The molecule has 0 aliphatic carbocycles. The molecule has 1 heterocycles. The number of carbonyl (C=O) groups excluding carboxylic acids is 1. The van der Waals surface area contributed by atoms with E-state index in [1.807, 2.05) is 0 Å². The summed E-state index contributed by atoms with van der Waals surface area (Å²) in [6.07, 6.45) is 0. The molecule has 9 heteroatoms. The molecule has 0 N–H and O–H groups in total. The monoisotopic (exact) mass is 471 g/mol. The molecule has 30 heavy (non-hydrogen) atoms. The molecular formula is C21H24Cl2FN3O2S. The van der Waals surface area contributed by atoms with Gasteiger partial charge in [0.2, 0.25) is 0 Å². The number of nitrogens with zero attached hydrogens (tertiary/aromatic N) is 3. The predicted molar refractivity (Wildman–Crippen MR) is 124 cm³/mol. The fraction of sp³-hybridized carbons (Fsp3) is 0.333. The van der Waals surface area contributed by atoms with Crippen LogP contribution in [0.15, 0.2) is 36.4 Å². The number of thiazole rings is 1. The predicted octanol–water partition coefficient (Wildman–Crippen LogP) is 5.51. The normalized spacial score (nSPS) is 10.9. The third-order valence-electron chi connectivity index (χ3n) is 4.76. The Morgan fingerprint density at radius 2 is 1.93 bits per heavy atom. The van der Waals surface area contributed by atoms with Crippen molar-refractivity contribution in [2.45, 2.75) is 13.8 Å². The van der Waals surface area contributed by atoms with Crippen LogP contribution in [0.25, 0.3) is 10.2 Å². The number of halogens is 3. The number of para-hydroxylation sites is 1. The van der Waals surface area contributed by atoms with Crippen molar-refractivity contribution in [1.82, 2.24) is 9.88 Å². The number of hydrogen-bond donors (Lipinski definition) is 0. The van der Waals surface area contributed by atoms with Crippen LogP contribution >= 0.6 is 35.3 Å². The first-order valence-electron chi connectivity index (χ1n) is 9.41. The number of methoxy groups -OCH3 is 1. The second-order valence-electron chi connectivity index (χ2n) is 6.41. The highest BCUT2D eigenvalue weighted by Gasteiger charge is 2.25. The van der Waals surface area contributed by atoms with Crippen LogP contribution in [0.5, 0.6) is 5.75 Å². The van der Waals surface area contributed by atoms with E-state index < -0.39 is 5.82 Å². The van der Waals surface area contributed by atoms with E-state index in [1.54, 1.807) is 35.2 Å². The Bertz CT molecular complexity index is 1010. The fourth-order valence-electron chi connectivity index (χ4n) is 3.08. The summed E-state index contributed by atoms with van der Waals surface area (Å²) in [5.74, 6) is -0.253. The molecule has 0 fully saturated rings. The third kappa shape index (κ3) is 5.21. The van der Waals surface area contributed by atoms with Gasteiger partial charge in [0.25, 0.3) is 5.91 Å². The largest absolute Gasteiger partial charge is 0.496 e. The molecule has 0 saturated carbocycles. The summed E-state index contributed by atoms with van der Waals surface area (Å²) in [7, 11) is 1.51. The number of ether oxygens (including phenoxy) is 1. The van der Waals surface area contributed by atoms with Crippen LogP contribution in [0.2, 0.25) is 5.02 Å². The number of carbonyl (C=O) groups is 1. The topological polar surface area (TPSA) is 45.7 Å². The number of fused-ring (bicyclic) bond motifs is 1. The molecule has 0 atom stereocenters. The lowest BCUT2D eigenvalue weighted by atomic mass is 10.1. The van der Waals surface area contributed by atoms with Crippen molar-refractivity contribution in [1.29, 1.82) is 0 Å². The Hall–Kier alpha value is -1.93. The first kappa shape index (κ1) is 24.3. The maximum Gasteiger partial charge on any atom is 0.263 e. The standard InChI is InChI=1S/C21H23ClFN3O2S.ClH/c1-4-25(5-2)11-12-26(20(27)15-13-14(22)9-10-17(15)28-3)21-24-19-16(23)7-6-8-18(19)29-21;/h6-10,13H,4-5,11-12H2,1-3H3;1H. The SMILES string of the molecule is CCN(CC)CCN(C(=O)c1cc(Cl)ccc1OC)c1nc2c(F)cccc2s1.Cl. The van der Waals surface area contributed by atoms with E-state index in [0.29, 0.717) is 39.3 Å². The van der Waals surface area contributed by atoms with E-state index in [2.05, 4.69) is 23.7 Å². The highest BCUT2D eigenvalue weighted by atomic mass is 35.5. The molecule has 0 bridgehead atoms. The first-order valence-corrected chi connectivity index (χ1v) is 10.6. The molecule has 0 aliphatic heterocycles. The van der Waals surface area contributed by atoms with Crippen LogP contribution in [0.3, 0.4) is 0 Å². The summed E-state index contributed by atoms with van der Waals surface area (Å²) in [5.41, 5.74) is 0.616. The lowest BCUT2D eigenvalue weighted by Crippen LogP contribution is -2.39. The summed E-state index contributed by atoms with van der Waals surface area (Å²) in [4.78, 5) is 21.7. The summed E-state index contributed by atoms with van der Waals surface area (Å²) >= 11 is 7.42. The van der Waals surface area contributed by atoms with Gasteiger partial charge in [-0.3, -0.25) is 9.69 Å². The molecule has 1 amide bonds. The second-order valence-corrected chi connectivity index (χ2v) is 7.86. The van der Waals surface area contributed by atoms with Gasteiger partial charge in [-0.1, -0.05) is 42.9 Å². The van der Waals surface area contributed by atoms with E-state index in [4.69, 9.17) is 16.3 Å². The molecule has 2 aromatic carbocycles. The van der Waals surface area contributed by atoms with Crippen molar-refractivity contribution in [2.24, 2.45) is 0 Å². The molecular weight excluding hydrogens is 448 g/mol. The van der Waals surface area contributed by atoms with E-state index in [0.717, 1.165) is 13.1 Å². The number of amides is 1. The average molecular weight is 472 g/mol. The van der Waals surface area contributed by atoms with Gasteiger partial charge in [0.05, 0.1) is 17.4 Å². The minimum atomic E-state index is -0.401. The van der Waals surface area contributed by atoms with E-state index in [-0.39, 0.29) is 23.8 Å². The molecule has 5 nitrogen and oxygen atoms in total. The molecule has 3 aromatic rings. The number of likely N-dealkylation sites (N-methyl/N-ethyl adjacent to an activating group) is 1. The van der Waals surface area contributed by atoms with Crippen molar-refractivity contribution in [2.75, 3.05) is 38.2 Å². The van der Waals surface area contributed by atoms with Gasteiger partial charge in [-0.2, -0.15) is 0 Å². The molecule has 0 saturated heterocycles. The summed E-state index contributed by atoms with van der Waals surface area (Å²) in [6.45, 7) is 6.96. The quantitative estimate of drug-likeness (QED) is 0.434. The lowest BCUT2D eigenvalue weighted by molar-refractivity contribution is 0.0981. The Morgan fingerprint density at radius 3 is 2.57 bits per heavy atom. The van der Waals surface area contributed by atoms with Crippen LogP contribution in [-0.2, 0) is 0 Å². The Morgan fingerprint density at radius 1 is 1.20 bits per heavy atom. The molecule has 0 radical (unpaired) electrons. The van der Waals surface area contributed by atoms with Crippen molar-refractivity contribution >= 4 is 56.6 Å². The van der Waals surface area contributed by atoms with E-state index >= 15 is 0 Å². The summed E-state index contributed by atoms with van der Waals surface area (Å²) in [6, 6.07) is 9.73. The van der Waals surface area contributed by atoms with Gasteiger partial charge in [0.15, 0.2) is 5.13 Å². The Balaban J connectivity index is 0.00000320. The summed E-state index contributed by atoms with van der Waals surface area (Å²) < 4.78 is 20.2. The van der Waals surface area contributed by atoms with Gasteiger partial charge in [-0.05, 0) is 43.4 Å². The zero-order valence-corrected chi connectivity index (χ0v) is 19.4. The lowest BCUT2D eigenvalue weighted by Gasteiger charge is -2.25. The molecule has 162 valence electrons. The average Bonchev–Trinajstić information content (AvgIpc) is 3.16. The van der Waals surface area contributed by atoms with Gasteiger partial charge in [-0.25, -0.2) is 9.37 Å². The third-order valence-corrected chi connectivity index (χ3v) is 6.04. The Labute approximate surface area is 190 Å². The molecule has 3 rings (SSSR count). The molecule has 0 spiro atoms. The highest BCUT2D eigenvalue weighted by Crippen LogP contribution is 2.32. The minimum Gasteiger partial charge on any atom is -0.496 e. The Kier molecular flexibility index (Phi) is 8.85. The van der Waals surface area contributed by atoms with Crippen LogP contribution < -0.4 is 9.64 Å². The zero-order valence-electron chi connectivity index (χ0n) is 17.0. The highest BCUT2D eigenvalue weighted by molar-refractivity contribution is 7.22. The van der Waals surface area contributed by atoms with Gasteiger partial charge in [0.1, 0.15) is 17.1 Å². The fourth-order valence-corrected chi connectivity index (χ4v) is 4.25. The first-order chi connectivity index (χ1) is 14.0. The van der Waals surface area contributed by atoms with Gasteiger partial charge in [0, 0.05) is 18.1 Å². The van der Waals surface area contributed by atoms with Crippen molar-refractivity contribution in [3.8, 4) is 5.75 Å². The zero-order chi connectivity index (χ0) is 21.0. The maximum atomic E-state index is 14.2. The van der Waals surface area contributed by atoms with Crippen LogP contribution in [0, 0.1) is 5.82 Å².